The molecular formula is C21H24F3NO5S2. The zero-order chi connectivity index (χ0) is 23.4. The van der Waals surface area contributed by atoms with Crippen molar-refractivity contribution in [3.05, 3.63) is 60.7 Å². The summed E-state index contributed by atoms with van der Waals surface area (Å²) in [5.41, 5.74) is 0. The van der Waals surface area contributed by atoms with Gasteiger partial charge >= 0.3 is 6.18 Å². The van der Waals surface area contributed by atoms with Crippen molar-refractivity contribution < 1.29 is 34.7 Å². The number of sulfonamides is 2. The lowest BCUT2D eigenvalue weighted by atomic mass is 10.0. The number of halogens is 3. The average Bonchev–Trinajstić information content (AvgIpc) is 3.57. The Hall–Kier alpha value is -1.95. The summed E-state index contributed by atoms with van der Waals surface area (Å²) in [4.78, 5) is -0.794. The second-order valence-corrected chi connectivity index (χ2v) is 11.5. The Kier molecular flexibility index (Phi) is 7.64. The van der Waals surface area contributed by atoms with Crippen LogP contribution in [0.1, 0.15) is 25.7 Å². The molecule has 2 unspecified atom stereocenters. The highest BCUT2D eigenvalue weighted by Crippen LogP contribution is 2.35. The number of nitrogens with zero attached hydrogens (tertiary/aromatic N) is 1. The molecule has 0 saturated carbocycles. The van der Waals surface area contributed by atoms with Gasteiger partial charge in [0.15, 0.2) is 0 Å². The number of epoxide rings is 1. The fourth-order valence-electron chi connectivity index (χ4n) is 3.28. The van der Waals surface area contributed by atoms with E-state index in [4.69, 9.17) is 4.74 Å². The Morgan fingerprint density at radius 1 is 0.875 bits per heavy atom. The molecule has 2 aromatic carbocycles. The van der Waals surface area contributed by atoms with Gasteiger partial charge in [-0.05, 0) is 37.1 Å². The zero-order valence-corrected chi connectivity index (χ0v) is 18.7. The fourth-order valence-corrected chi connectivity index (χ4v) is 7.06. The first-order valence-corrected chi connectivity index (χ1v) is 13.0. The highest BCUT2D eigenvalue weighted by molar-refractivity contribution is 8.04. The second kappa shape index (κ2) is 9.90. The number of ether oxygens (including phenoxy) is 1. The van der Waals surface area contributed by atoms with Gasteiger partial charge in [0, 0.05) is 6.54 Å². The van der Waals surface area contributed by atoms with Gasteiger partial charge in [0.1, 0.15) is 0 Å². The molecule has 0 aromatic heterocycles. The average molecular weight is 492 g/mol. The number of hydrogen-bond acceptors (Lipinski definition) is 5. The molecule has 3 rings (SSSR count). The van der Waals surface area contributed by atoms with Crippen molar-refractivity contribution in [3.63, 3.8) is 0 Å². The van der Waals surface area contributed by atoms with Gasteiger partial charge in [-0.1, -0.05) is 53.0 Å². The van der Waals surface area contributed by atoms with Gasteiger partial charge < -0.3 is 4.74 Å². The molecule has 2 atom stereocenters. The first-order valence-electron chi connectivity index (χ1n) is 10.1. The molecule has 0 N–H and O–H groups in total. The van der Waals surface area contributed by atoms with Gasteiger partial charge in [-0.3, -0.25) is 0 Å². The maximum atomic E-state index is 13.8. The van der Waals surface area contributed by atoms with Crippen LogP contribution in [0.3, 0.4) is 0 Å². The van der Waals surface area contributed by atoms with Crippen molar-refractivity contribution in [3.8, 4) is 0 Å². The number of unbranched alkanes of at least 4 members (excludes halogenated alkanes) is 1. The Balaban J connectivity index is 1.95. The number of hydrogen-bond donors (Lipinski definition) is 0. The molecule has 1 aliphatic heterocycles. The first-order chi connectivity index (χ1) is 15.0. The van der Waals surface area contributed by atoms with Gasteiger partial charge in [-0.25, -0.2) is 16.8 Å². The van der Waals surface area contributed by atoms with Crippen LogP contribution in [0.25, 0.3) is 0 Å². The van der Waals surface area contributed by atoms with Gasteiger partial charge in [-0.15, -0.1) is 0 Å². The van der Waals surface area contributed by atoms with Gasteiger partial charge in [0.25, 0.3) is 20.0 Å². The van der Waals surface area contributed by atoms with Crippen molar-refractivity contribution in [1.29, 1.82) is 0 Å². The van der Waals surface area contributed by atoms with Crippen LogP contribution in [0.5, 0.6) is 0 Å². The third-order valence-corrected chi connectivity index (χ3v) is 9.47. The largest absolute Gasteiger partial charge is 0.393 e. The zero-order valence-electron chi connectivity index (χ0n) is 17.1. The van der Waals surface area contributed by atoms with Crippen LogP contribution >= 0.6 is 0 Å². The molecule has 1 aliphatic rings. The van der Waals surface area contributed by atoms with Gasteiger partial charge in [0.05, 0.1) is 28.4 Å². The molecular weight excluding hydrogens is 467 g/mol. The van der Waals surface area contributed by atoms with Gasteiger partial charge in [-0.2, -0.15) is 13.2 Å². The Morgan fingerprint density at radius 2 is 1.34 bits per heavy atom. The Labute approximate surface area is 186 Å². The van der Waals surface area contributed by atoms with E-state index < -0.39 is 48.5 Å². The van der Waals surface area contributed by atoms with Crippen molar-refractivity contribution in [2.24, 2.45) is 5.92 Å². The van der Waals surface area contributed by atoms with E-state index in [1.54, 1.807) is 0 Å². The monoisotopic (exact) mass is 491 g/mol. The molecule has 1 fully saturated rings. The summed E-state index contributed by atoms with van der Waals surface area (Å²) in [7, 11) is -9.54. The van der Waals surface area contributed by atoms with Crippen molar-refractivity contribution in [2.45, 2.75) is 47.8 Å². The standard InChI is InChI=1S/C21H24F3NO5S2/c22-21(23,24)17(9-7-8-10-18-16-30-18)15-25(31(26,27)19-11-3-1-4-12-19)32(28,29)20-13-5-2-6-14-20/h1-6,11-14,17-18H,7-10,15-16H2. The third-order valence-electron chi connectivity index (χ3n) is 5.18. The van der Waals surface area contributed by atoms with E-state index in [1.165, 1.54) is 36.4 Å². The molecule has 1 saturated heterocycles. The quantitative estimate of drug-likeness (QED) is 0.347. The predicted octanol–water partition coefficient (Wildman–Crippen LogP) is 4.20. The van der Waals surface area contributed by atoms with E-state index >= 15 is 0 Å². The minimum atomic E-state index is -4.77. The fraction of sp³-hybridized carbons (Fsp3) is 0.429. The van der Waals surface area contributed by atoms with E-state index in [-0.39, 0.29) is 22.7 Å². The maximum absolute atomic E-state index is 13.8. The molecule has 6 nitrogen and oxygen atoms in total. The smallest absolute Gasteiger partial charge is 0.373 e. The molecule has 176 valence electrons. The van der Waals surface area contributed by atoms with Crippen LogP contribution < -0.4 is 0 Å². The predicted molar refractivity (Wildman–Crippen MR) is 112 cm³/mol. The number of benzene rings is 2. The van der Waals surface area contributed by atoms with E-state index in [0.717, 1.165) is 24.3 Å². The summed E-state index contributed by atoms with van der Waals surface area (Å²) in [6.07, 6.45) is -3.80. The molecule has 0 amide bonds. The van der Waals surface area contributed by atoms with Crippen LogP contribution in [0.2, 0.25) is 0 Å². The number of rotatable bonds is 11. The van der Waals surface area contributed by atoms with Crippen LogP contribution in [0.4, 0.5) is 13.2 Å². The highest BCUT2D eigenvalue weighted by atomic mass is 32.3. The molecule has 2 aromatic rings. The molecule has 11 heteroatoms. The molecule has 0 spiro atoms. The minimum Gasteiger partial charge on any atom is -0.373 e. The van der Waals surface area contributed by atoms with E-state index in [0.29, 0.717) is 19.4 Å². The topological polar surface area (TPSA) is 84.1 Å². The van der Waals surface area contributed by atoms with Crippen LogP contribution in [-0.2, 0) is 24.8 Å². The Morgan fingerprint density at radius 3 is 1.75 bits per heavy atom. The number of alkyl halides is 3. The summed E-state index contributed by atoms with van der Waals surface area (Å²) >= 11 is 0. The second-order valence-electron chi connectivity index (χ2n) is 7.57. The van der Waals surface area contributed by atoms with Crippen LogP contribution in [0.15, 0.2) is 70.5 Å². The molecule has 0 radical (unpaired) electrons. The maximum Gasteiger partial charge on any atom is 0.393 e. The molecule has 1 heterocycles. The van der Waals surface area contributed by atoms with Crippen molar-refractivity contribution >= 4 is 20.0 Å². The van der Waals surface area contributed by atoms with Gasteiger partial charge in [0.2, 0.25) is 0 Å². The molecule has 0 bridgehead atoms. The normalized spacial score (nSPS) is 17.9. The summed E-state index contributed by atoms with van der Waals surface area (Å²) < 4.78 is 99.3. The van der Waals surface area contributed by atoms with Crippen molar-refractivity contribution in [1.82, 2.24) is 3.71 Å². The lowest BCUT2D eigenvalue weighted by Gasteiger charge is -2.28. The van der Waals surface area contributed by atoms with Crippen LogP contribution in [0, 0.1) is 5.92 Å². The Bertz CT molecular complexity index is 1020. The van der Waals surface area contributed by atoms with E-state index in [2.05, 4.69) is 0 Å². The minimum absolute atomic E-state index is 0.00712. The third kappa shape index (κ3) is 6.09. The SMILES string of the molecule is O=S(=O)(c1ccccc1)N(CC(CCCCC1CO1)C(F)(F)F)S(=O)(=O)c1ccccc1. The first kappa shape index (κ1) is 24.7. The highest BCUT2D eigenvalue weighted by Gasteiger charge is 2.46. The lowest BCUT2D eigenvalue weighted by molar-refractivity contribution is -0.176. The summed E-state index contributed by atoms with van der Waals surface area (Å²) in [6.45, 7) is -0.626. The van der Waals surface area contributed by atoms with Crippen molar-refractivity contribution in [2.75, 3.05) is 13.2 Å². The van der Waals surface area contributed by atoms with Crippen LogP contribution in [-0.4, -0.2) is 46.0 Å². The lowest BCUT2D eigenvalue weighted by Crippen LogP contribution is -2.43. The van der Waals surface area contributed by atoms with E-state index in [9.17, 15) is 30.0 Å². The summed E-state index contributed by atoms with van der Waals surface area (Å²) in [6, 6.07) is 13.2. The molecule has 0 aliphatic carbocycles. The molecule has 32 heavy (non-hydrogen) atoms. The summed E-state index contributed by atoms with van der Waals surface area (Å²) in [5.74, 6) is -2.14. The summed E-state index contributed by atoms with van der Waals surface area (Å²) in [5, 5.41) is 0. The van der Waals surface area contributed by atoms with E-state index in [1.807, 2.05) is 0 Å².